The Labute approximate surface area is 113 Å². The van der Waals surface area contributed by atoms with Gasteiger partial charge in [0.15, 0.2) is 0 Å². The Bertz CT molecular complexity index is 511. The lowest BCUT2D eigenvalue weighted by molar-refractivity contribution is -0.144. The predicted octanol–water partition coefficient (Wildman–Crippen LogP) is 1.42. The molecule has 0 aromatic carbocycles. The van der Waals surface area contributed by atoms with E-state index in [0.29, 0.717) is 23.8 Å². The monoisotopic (exact) mass is 291 g/mol. The SMILES string of the molecule is NNC(=O)CCCCCn1c(C(F)(F)F)cccc1=O. The first kappa shape index (κ1) is 16.2. The summed E-state index contributed by atoms with van der Waals surface area (Å²) in [5.74, 6) is 4.57. The highest BCUT2D eigenvalue weighted by molar-refractivity contribution is 5.74. The predicted molar refractivity (Wildman–Crippen MR) is 66.5 cm³/mol. The number of aromatic nitrogens is 1. The number of rotatable bonds is 6. The van der Waals surface area contributed by atoms with E-state index >= 15 is 0 Å². The van der Waals surface area contributed by atoms with E-state index < -0.39 is 17.4 Å². The molecule has 5 nitrogen and oxygen atoms in total. The van der Waals surface area contributed by atoms with E-state index in [-0.39, 0.29) is 18.9 Å². The molecule has 0 aliphatic rings. The molecule has 3 N–H and O–H groups in total. The van der Waals surface area contributed by atoms with Crippen molar-refractivity contribution in [2.75, 3.05) is 0 Å². The number of nitrogens with zero attached hydrogens (tertiary/aromatic N) is 1. The lowest BCUT2D eigenvalue weighted by Gasteiger charge is -2.14. The van der Waals surface area contributed by atoms with Crippen LogP contribution in [0.15, 0.2) is 23.0 Å². The standard InChI is InChI=1S/C12H16F3N3O2/c13-12(14,15)9-5-4-7-11(20)18(9)8-3-1-2-6-10(19)17-16/h4-5,7H,1-3,6,8,16H2,(H,17,19). The molecular weight excluding hydrogens is 275 g/mol. The van der Waals surface area contributed by atoms with Crippen LogP contribution >= 0.6 is 0 Å². The van der Waals surface area contributed by atoms with E-state index in [1.54, 1.807) is 0 Å². The van der Waals surface area contributed by atoms with Gasteiger partial charge in [-0.1, -0.05) is 12.5 Å². The van der Waals surface area contributed by atoms with E-state index in [4.69, 9.17) is 5.84 Å². The van der Waals surface area contributed by atoms with E-state index in [1.807, 2.05) is 5.43 Å². The molecule has 0 aliphatic carbocycles. The van der Waals surface area contributed by atoms with Crippen LogP contribution in [0.1, 0.15) is 31.4 Å². The first-order chi connectivity index (χ1) is 9.36. The molecular formula is C12H16F3N3O2. The fraction of sp³-hybridized carbons (Fsp3) is 0.500. The maximum Gasteiger partial charge on any atom is 0.431 e. The van der Waals surface area contributed by atoms with Crippen LogP contribution in [-0.2, 0) is 17.5 Å². The zero-order valence-electron chi connectivity index (χ0n) is 10.7. The molecule has 8 heteroatoms. The number of unbranched alkanes of at least 4 members (excludes halogenated alkanes) is 2. The molecule has 0 aliphatic heterocycles. The van der Waals surface area contributed by atoms with Gasteiger partial charge >= 0.3 is 6.18 Å². The Kier molecular flexibility index (Phi) is 5.75. The Balaban J connectivity index is 2.60. The molecule has 1 rings (SSSR count). The molecule has 0 spiro atoms. The maximum atomic E-state index is 12.7. The van der Waals surface area contributed by atoms with Crippen molar-refractivity contribution in [3.05, 3.63) is 34.2 Å². The van der Waals surface area contributed by atoms with E-state index in [9.17, 15) is 22.8 Å². The van der Waals surface area contributed by atoms with Crippen molar-refractivity contribution in [2.24, 2.45) is 5.84 Å². The first-order valence-corrected chi connectivity index (χ1v) is 6.12. The molecule has 1 amide bonds. The molecule has 0 unspecified atom stereocenters. The highest BCUT2D eigenvalue weighted by Crippen LogP contribution is 2.28. The molecule has 1 aromatic rings. The molecule has 1 aromatic heterocycles. The van der Waals surface area contributed by atoms with Crippen LogP contribution in [0.4, 0.5) is 13.2 Å². The normalized spacial score (nSPS) is 11.4. The molecule has 0 saturated carbocycles. The van der Waals surface area contributed by atoms with Gasteiger partial charge in [-0.15, -0.1) is 0 Å². The number of hydrazine groups is 1. The second-order valence-electron chi connectivity index (χ2n) is 4.28. The van der Waals surface area contributed by atoms with Gasteiger partial charge in [0.05, 0.1) is 0 Å². The minimum atomic E-state index is -4.56. The zero-order valence-corrected chi connectivity index (χ0v) is 10.7. The fourth-order valence-electron chi connectivity index (χ4n) is 1.80. The third kappa shape index (κ3) is 4.69. The number of carbonyl (C=O) groups excluding carboxylic acids is 1. The molecule has 1 heterocycles. The summed E-state index contributed by atoms with van der Waals surface area (Å²) in [5.41, 5.74) is 0.334. The van der Waals surface area contributed by atoms with E-state index in [2.05, 4.69) is 0 Å². The minimum Gasteiger partial charge on any atom is -0.304 e. The number of hydrogen-bond acceptors (Lipinski definition) is 3. The van der Waals surface area contributed by atoms with Gasteiger partial charge < -0.3 is 4.57 Å². The van der Waals surface area contributed by atoms with Gasteiger partial charge in [0.2, 0.25) is 5.91 Å². The van der Waals surface area contributed by atoms with Crippen LogP contribution in [0.2, 0.25) is 0 Å². The van der Waals surface area contributed by atoms with Crippen molar-refractivity contribution >= 4 is 5.91 Å². The van der Waals surface area contributed by atoms with Crippen molar-refractivity contribution in [2.45, 2.75) is 38.4 Å². The van der Waals surface area contributed by atoms with Crippen molar-refractivity contribution in [1.29, 1.82) is 0 Å². The maximum absolute atomic E-state index is 12.7. The third-order valence-corrected chi connectivity index (χ3v) is 2.79. The van der Waals surface area contributed by atoms with Gasteiger partial charge in [0.25, 0.3) is 5.56 Å². The summed E-state index contributed by atoms with van der Waals surface area (Å²) in [6.07, 6.45) is -2.92. The summed E-state index contributed by atoms with van der Waals surface area (Å²) >= 11 is 0. The second-order valence-corrected chi connectivity index (χ2v) is 4.28. The topological polar surface area (TPSA) is 77.1 Å². The van der Waals surface area contributed by atoms with Gasteiger partial charge in [-0.25, -0.2) is 5.84 Å². The van der Waals surface area contributed by atoms with Crippen LogP contribution in [0, 0.1) is 0 Å². The number of pyridine rings is 1. The number of amides is 1. The van der Waals surface area contributed by atoms with Crippen LogP contribution < -0.4 is 16.8 Å². The van der Waals surface area contributed by atoms with Crippen molar-refractivity contribution in [1.82, 2.24) is 9.99 Å². The van der Waals surface area contributed by atoms with Crippen LogP contribution in [-0.4, -0.2) is 10.5 Å². The largest absolute Gasteiger partial charge is 0.431 e. The average Bonchev–Trinajstić information content (AvgIpc) is 2.38. The van der Waals surface area contributed by atoms with Gasteiger partial charge in [-0.3, -0.25) is 15.0 Å². The van der Waals surface area contributed by atoms with Gasteiger partial charge in [0, 0.05) is 19.0 Å². The number of nitrogens with two attached hydrogens (primary N) is 1. The quantitative estimate of drug-likeness (QED) is 0.360. The lowest BCUT2D eigenvalue weighted by Crippen LogP contribution is -2.29. The van der Waals surface area contributed by atoms with Crippen molar-refractivity contribution in [3.63, 3.8) is 0 Å². The number of hydrogen-bond donors (Lipinski definition) is 2. The highest BCUT2D eigenvalue weighted by atomic mass is 19.4. The first-order valence-electron chi connectivity index (χ1n) is 6.12. The number of alkyl halides is 3. The van der Waals surface area contributed by atoms with Gasteiger partial charge in [0.1, 0.15) is 5.69 Å². The summed E-state index contributed by atoms with van der Waals surface area (Å²) < 4.78 is 38.9. The smallest absolute Gasteiger partial charge is 0.304 e. The Morgan fingerprint density at radius 2 is 1.95 bits per heavy atom. The number of carbonyl (C=O) groups is 1. The molecule has 0 radical (unpaired) electrons. The van der Waals surface area contributed by atoms with Gasteiger partial charge in [-0.05, 0) is 18.9 Å². The number of nitrogens with one attached hydrogen (secondary N) is 1. The Morgan fingerprint density at radius 3 is 2.55 bits per heavy atom. The summed E-state index contributed by atoms with van der Waals surface area (Å²) in [6, 6.07) is 3.06. The van der Waals surface area contributed by atoms with E-state index in [0.717, 1.165) is 18.2 Å². The summed E-state index contributed by atoms with van der Waals surface area (Å²) in [7, 11) is 0. The van der Waals surface area contributed by atoms with Crippen molar-refractivity contribution in [3.8, 4) is 0 Å². The molecule has 0 saturated heterocycles. The Hall–Kier alpha value is -1.83. The summed E-state index contributed by atoms with van der Waals surface area (Å²) in [6.45, 7) is -0.0290. The minimum absolute atomic E-state index is 0.0290. The van der Waals surface area contributed by atoms with Crippen molar-refractivity contribution < 1.29 is 18.0 Å². The average molecular weight is 291 g/mol. The molecule has 20 heavy (non-hydrogen) atoms. The highest BCUT2D eigenvalue weighted by Gasteiger charge is 2.33. The molecule has 0 atom stereocenters. The summed E-state index contributed by atoms with van der Waals surface area (Å²) in [4.78, 5) is 22.3. The Morgan fingerprint density at radius 1 is 1.25 bits per heavy atom. The third-order valence-electron chi connectivity index (χ3n) is 2.79. The zero-order chi connectivity index (χ0) is 15.2. The van der Waals surface area contributed by atoms with Crippen LogP contribution in [0.5, 0.6) is 0 Å². The lowest BCUT2D eigenvalue weighted by atomic mass is 10.2. The second kappa shape index (κ2) is 7.09. The summed E-state index contributed by atoms with van der Waals surface area (Å²) in [5, 5.41) is 0. The molecule has 0 bridgehead atoms. The molecule has 112 valence electrons. The number of halogens is 3. The van der Waals surface area contributed by atoms with Crippen LogP contribution in [0.3, 0.4) is 0 Å². The fourth-order valence-corrected chi connectivity index (χ4v) is 1.80. The van der Waals surface area contributed by atoms with Gasteiger partial charge in [-0.2, -0.15) is 13.2 Å². The van der Waals surface area contributed by atoms with Crippen LogP contribution in [0.25, 0.3) is 0 Å². The molecule has 0 fully saturated rings. The van der Waals surface area contributed by atoms with E-state index in [1.165, 1.54) is 0 Å².